The number of rotatable bonds is 6. The summed E-state index contributed by atoms with van der Waals surface area (Å²) in [5, 5.41) is 3.00. The lowest BCUT2D eigenvalue weighted by Crippen LogP contribution is -2.33. The predicted molar refractivity (Wildman–Crippen MR) is 77.0 cm³/mol. The Kier molecular flexibility index (Phi) is 4.52. The molecule has 106 valence electrons. The summed E-state index contributed by atoms with van der Waals surface area (Å²) >= 11 is 0. The Bertz CT molecular complexity index is 529. The van der Waals surface area contributed by atoms with Crippen molar-refractivity contribution in [2.45, 2.75) is 25.8 Å². The molecule has 0 heterocycles. The molecule has 1 atom stereocenters. The maximum absolute atomic E-state index is 12.1. The SMILES string of the molecule is C#CCOc1ccc(C(=O)NC(C)C2CC2)cc1OC. The molecule has 0 aliphatic heterocycles. The highest BCUT2D eigenvalue weighted by Gasteiger charge is 2.29. The molecule has 1 aliphatic carbocycles. The van der Waals surface area contributed by atoms with E-state index in [4.69, 9.17) is 15.9 Å². The number of nitrogens with one attached hydrogen (secondary N) is 1. The van der Waals surface area contributed by atoms with Crippen LogP contribution in [-0.2, 0) is 0 Å². The minimum atomic E-state index is -0.0915. The molecule has 1 aliphatic rings. The van der Waals surface area contributed by atoms with Gasteiger partial charge in [0.2, 0.25) is 0 Å². The molecular formula is C16H19NO3. The highest BCUT2D eigenvalue weighted by atomic mass is 16.5. The third-order valence-corrected chi connectivity index (χ3v) is 3.42. The van der Waals surface area contributed by atoms with Crippen LogP contribution < -0.4 is 14.8 Å². The summed E-state index contributed by atoms with van der Waals surface area (Å²) in [5.41, 5.74) is 0.558. The largest absolute Gasteiger partial charge is 0.493 e. The first-order valence-electron chi connectivity index (χ1n) is 6.71. The van der Waals surface area contributed by atoms with Crippen molar-refractivity contribution in [3.05, 3.63) is 23.8 Å². The van der Waals surface area contributed by atoms with Gasteiger partial charge in [-0.2, -0.15) is 0 Å². The van der Waals surface area contributed by atoms with E-state index in [1.54, 1.807) is 18.2 Å². The van der Waals surface area contributed by atoms with Crippen molar-refractivity contribution < 1.29 is 14.3 Å². The maximum Gasteiger partial charge on any atom is 0.251 e. The minimum Gasteiger partial charge on any atom is -0.493 e. The van der Waals surface area contributed by atoms with Crippen LogP contribution in [0.4, 0.5) is 0 Å². The third kappa shape index (κ3) is 3.45. The lowest BCUT2D eigenvalue weighted by atomic mass is 10.1. The molecule has 20 heavy (non-hydrogen) atoms. The molecule has 0 bridgehead atoms. The van der Waals surface area contributed by atoms with Gasteiger partial charge in [0.15, 0.2) is 11.5 Å². The molecule has 1 saturated carbocycles. The number of carbonyl (C=O) groups excluding carboxylic acids is 1. The monoisotopic (exact) mass is 273 g/mol. The number of carbonyl (C=O) groups is 1. The molecule has 1 aromatic rings. The Morgan fingerprint density at radius 2 is 2.25 bits per heavy atom. The zero-order valence-corrected chi connectivity index (χ0v) is 11.8. The Balaban J connectivity index is 2.07. The molecule has 0 saturated heterocycles. The number of terminal acetylenes is 1. The Hall–Kier alpha value is -2.15. The van der Waals surface area contributed by atoms with Gasteiger partial charge in [0.25, 0.3) is 5.91 Å². The van der Waals surface area contributed by atoms with Gasteiger partial charge in [-0.1, -0.05) is 5.92 Å². The summed E-state index contributed by atoms with van der Waals surface area (Å²) in [5.74, 6) is 3.97. The highest BCUT2D eigenvalue weighted by molar-refractivity contribution is 5.95. The van der Waals surface area contributed by atoms with Gasteiger partial charge in [-0.3, -0.25) is 4.79 Å². The van der Waals surface area contributed by atoms with E-state index < -0.39 is 0 Å². The molecule has 1 aromatic carbocycles. The van der Waals surface area contributed by atoms with Crippen molar-refractivity contribution in [1.29, 1.82) is 0 Å². The second kappa shape index (κ2) is 6.33. The normalized spacial score (nSPS) is 15.1. The van der Waals surface area contributed by atoms with Crippen LogP contribution in [0.3, 0.4) is 0 Å². The molecule has 0 radical (unpaired) electrons. The lowest BCUT2D eigenvalue weighted by Gasteiger charge is -2.14. The van der Waals surface area contributed by atoms with Crippen molar-refractivity contribution in [2.24, 2.45) is 5.92 Å². The molecule has 0 aromatic heterocycles. The fourth-order valence-electron chi connectivity index (χ4n) is 2.05. The number of amides is 1. The van der Waals surface area contributed by atoms with Crippen molar-refractivity contribution in [3.63, 3.8) is 0 Å². The maximum atomic E-state index is 12.1. The molecule has 1 amide bonds. The number of methoxy groups -OCH3 is 1. The van der Waals surface area contributed by atoms with Crippen LogP contribution in [0, 0.1) is 18.3 Å². The summed E-state index contributed by atoms with van der Waals surface area (Å²) in [4.78, 5) is 12.1. The van der Waals surface area contributed by atoms with Crippen molar-refractivity contribution in [3.8, 4) is 23.8 Å². The van der Waals surface area contributed by atoms with E-state index in [2.05, 4.69) is 11.2 Å². The summed E-state index contributed by atoms with van der Waals surface area (Å²) < 4.78 is 10.6. The van der Waals surface area contributed by atoms with Gasteiger partial charge in [-0.25, -0.2) is 0 Å². The van der Waals surface area contributed by atoms with Gasteiger partial charge in [-0.05, 0) is 43.9 Å². The average Bonchev–Trinajstić information content (AvgIpc) is 3.29. The zero-order chi connectivity index (χ0) is 14.5. The molecule has 4 heteroatoms. The number of ether oxygens (including phenoxy) is 2. The molecule has 0 spiro atoms. The first-order chi connectivity index (χ1) is 9.65. The van der Waals surface area contributed by atoms with Gasteiger partial charge in [-0.15, -0.1) is 6.42 Å². The Morgan fingerprint density at radius 3 is 2.85 bits per heavy atom. The predicted octanol–water partition coefficient (Wildman–Crippen LogP) is 2.24. The van der Waals surface area contributed by atoms with Crippen LogP contribution in [0.1, 0.15) is 30.1 Å². The summed E-state index contributed by atoms with van der Waals surface area (Å²) in [6.07, 6.45) is 7.55. The fraction of sp³-hybridized carbons (Fsp3) is 0.438. The van der Waals surface area contributed by atoms with Gasteiger partial charge in [0.05, 0.1) is 7.11 Å². The molecule has 1 N–H and O–H groups in total. The molecule has 1 unspecified atom stereocenters. The van der Waals surface area contributed by atoms with Crippen LogP contribution in [0.25, 0.3) is 0 Å². The van der Waals surface area contributed by atoms with E-state index in [0.29, 0.717) is 23.0 Å². The smallest absolute Gasteiger partial charge is 0.251 e. The topological polar surface area (TPSA) is 47.6 Å². The lowest BCUT2D eigenvalue weighted by molar-refractivity contribution is 0.0935. The van der Waals surface area contributed by atoms with Crippen LogP contribution in [0.5, 0.6) is 11.5 Å². The van der Waals surface area contributed by atoms with Crippen LogP contribution >= 0.6 is 0 Å². The van der Waals surface area contributed by atoms with Crippen molar-refractivity contribution in [2.75, 3.05) is 13.7 Å². The quantitative estimate of drug-likeness (QED) is 0.809. The van der Waals surface area contributed by atoms with Crippen LogP contribution in [-0.4, -0.2) is 25.7 Å². The molecule has 1 fully saturated rings. The average molecular weight is 273 g/mol. The molecule has 4 nitrogen and oxygen atoms in total. The van der Waals surface area contributed by atoms with E-state index in [1.807, 2.05) is 6.92 Å². The number of hydrogen-bond donors (Lipinski definition) is 1. The Labute approximate surface area is 119 Å². The van der Waals surface area contributed by atoms with Gasteiger partial charge in [0, 0.05) is 11.6 Å². The minimum absolute atomic E-state index is 0.0915. The Morgan fingerprint density at radius 1 is 1.50 bits per heavy atom. The second-order valence-electron chi connectivity index (χ2n) is 4.96. The third-order valence-electron chi connectivity index (χ3n) is 3.42. The fourth-order valence-corrected chi connectivity index (χ4v) is 2.05. The van der Waals surface area contributed by atoms with Crippen LogP contribution in [0.2, 0.25) is 0 Å². The first kappa shape index (κ1) is 14.3. The number of benzene rings is 1. The van der Waals surface area contributed by atoms with E-state index in [-0.39, 0.29) is 18.6 Å². The molecule has 2 rings (SSSR count). The van der Waals surface area contributed by atoms with Crippen molar-refractivity contribution >= 4 is 5.91 Å². The van der Waals surface area contributed by atoms with E-state index in [1.165, 1.54) is 20.0 Å². The van der Waals surface area contributed by atoms with Gasteiger partial charge in [0.1, 0.15) is 6.61 Å². The van der Waals surface area contributed by atoms with Crippen molar-refractivity contribution in [1.82, 2.24) is 5.32 Å². The van der Waals surface area contributed by atoms with E-state index >= 15 is 0 Å². The zero-order valence-electron chi connectivity index (χ0n) is 11.8. The van der Waals surface area contributed by atoms with Crippen LogP contribution in [0.15, 0.2) is 18.2 Å². The van der Waals surface area contributed by atoms with Gasteiger partial charge >= 0.3 is 0 Å². The number of hydrogen-bond acceptors (Lipinski definition) is 3. The van der Waals surface area contributed by atoms with E-state index in [0.717, 1.165) is 0 Å². The second-order valence-corrected chi connectivity index (χ2v) is 4.96. The first-order valence-corrected chi connectivity index (χ1v) is 6.71. The molecular weight excluding hydrogens is 254 g/mol. The standard InChI is InChI=1S/C16H19NO3/c1-4-9-20-14-8-7-13(10-15(14)19-3)16(18)17-11(2)12-5-6-12/h1,7-8,10-12H,5-6,9H2,2-3H3,(H,17,18). The summed E-state index contributed by atoms with van der Waals surface area (Å²) in [6, 6.07) is 5.29. The summed E-state index contributed by atoms with van der Waals surface area (Å²) in [7, 11) is 1.53. The van der Waals surface area contributed by atoms with E-state index in [9.17, 15) is 4.79 Å². The highest BCUT2D eigenvalue weighted by Crippen LogP contribution is 2.33. The van der Waals surface area contributed by atoms with Gasteiger partial charge < -0.3 is 14.8 Å². The summed E-state index contributed by atoms with van der Waals surface area (Å²) in [6.45, 7) is 2.21.